The van der Waals surface area contributed by atoms with Crippen LogP contribution in [0.15, 0.2) is 64.6 Å². The summed E-state index contributed by atoms with van der Waals surface area (Å²) >= 11 is 0. The Bertz CT molecular complexity index is 666. The molecule has 0 aliphatic heterocycles. The maximum absolute atomic E-state index is 10.9. The Hall–Kier alpha value is -2.35. The second-order valence-corrected chi connectivity index (χ2v) is 4.58. The number of fused-ring (bicyclic) bond motifs is 1. The van der Waals surface area contributed by atoms with E-state index in [9.17, 15) is 4.79 Å². The molecule has 0 atom stereocenters. The Morgan fingerprint density at radius 1 is 1.05 bits per heavy atom. The first-order valence-electron chi connectivity index (χ1n) is 6.35. The number of furan rings is 1. The molecule has 2 heteroatoms. The fraction of sp³-hybridized carbons (Fsp3) is 0.118. The van der Waals surface area contributed by atoms with Crippen LogP contribution < -0.4 is 0 Å². The SMILES string of the molecule is O=C/C1=C/C=C(/c2cc3ccccc3o2)CC=CC1. The summed E-state index contributed by atoms with van der Waals surface area (Å²) in [6.07, 6.45) is 10.4. The van der Waals surface area contributed by atoms with Crippen LogP contribution in [0.3, 0.4) is 0 Å². The minimum Gasteiger partial charge on any atom is -0.456 e. The van der Waals surface area contributed by atoms with Crippen LogP contribution in [0.2, 0.25) is 0 Å². The Labute approximate surface area is 111 Å². The van der Waals surface area contributed by atoms with Gasteiger partial charge < -0.3 is 4.42 Å². The molecule has 1 aliphatic rings. The van der Waals surface area contributed by atoms with E-state index in [2.05, 4.69) is 6.08 Å². The van der Waals surface area contributed by atoms with Gasteiger partial charge in [0.05, 0.1) is 0 Å². The zero-order valence-electron chi connectivity index (χ0n) is 10.5. The Balaban J connectivity index is 2.04. The first-order chi connectivity index (χ1) is 9.36. The largest absolute Gasteiger partial charge is 0.456 e. The molecule has 2 nitrogen and oxygen atoms in total. The lowest BCUT2D eigenvalue weighted by atomic mass is 10.0. The second-order valence-electron chi connectivity index (χ2n) is 4.58. The lowest BCUT2D eigenvalue weighted by Crippen LogP contribution is -1.87. The highest BCUT2D eigenvalue weighted by Crippen LogP contribution is 2.27. The predicted octanol–water partition coefficient (Wildman–Crippen LogP) is 4.29. The molecule has 1 aliphatic carbocycles. The fourth-order valence-corrected chi connectivity index (χ4v) is 2.18. The first kappa shape index (κ1) is 11.7. The number of para-hydroxylation sites is 1. The number of rotatable bonds is 2. The Morgan fingerprint density at radius 3 is 2.74 bits per heavy atom. The number of hydrogen-bond donors (Lipinski definition) is 0. The summed E-state index contributed by atoms with van der Waals surface area (Å²) in [7, 11) is 0. The molecule has 0 radical (unpaired) electrons. The molecule has 0 bridgehead atoms. The molecule has 19 heavy (non-hydrogen) atoms. The van der Waals surface area contributed by atoms with Gasteiger partial charge in [-0.25, -0.2) is 0 Å². The maximum Gasteiger partial charge on any atom is 0.146 e. The van der Waals surface area contributed by atoms with Gasteiger partial charge in [-0.2, -0.15) is 0 Å². The van der Waals surface area contributed by atoms with Crippen molar-refractivity contribution in [1.29, 1.82) is 0 Å². The molecule has 0 saturated carbocycles. The van der Waals surface area contributed by atoms with Crippen LogP contribution in [0.5, 0.6) is 0 Å². The number of aldehydes is 1. The molecular formula is C17H14O2. The van der Waals surface area contributed by atoms with Gasteiger partial charge in [-0.05, 0) is 36.1 Å². The maximum atomic E-state index is 10.9. The third-order valence-corrected chi connectivity index (χ3v) is 3.25. The van der Waals surface area contributed by atoms with Crippen molar-refractivity contribution in [2.24, 2.45) is 0 Å². The van der Waals surface area contributed by atoms with Crippen molar-refractivity contribution in [3.8, 4) is 0 Å². The van der Waals surface area contributed by atoms with E-state index in [4.69, 9.17) is 4.42 Å². The van der Waals surface area contributed by atoms with Crippen molar-refractivity contribution < 1.29 is 9.21 Å². The molecule has 2 aromatic rings. The van der Waals surface area contributed by atoms with E-state index in [1.54, 1.807) is 0 Å². The van der Waals surface area contributed by atoms with Gasteiger partial charge in [0.25, 0.3) is 0 Å². The van der Waals surface area contributed by atoms with Gasteiger partial charge in [0.1, 0.15) is 17.6 Å². The number of carbonyl (C=O) groups excluding carboxylic acids is 1. The molecule has 0 unspecified atom stereocenters. The van der Waals surface area contributed by atoms with Crippen LogP contribution in [-0.2, 0) is 4.79 Å². The summed E-state index contributed by atoms with van der Waals surface area (Å²) in [5.74, 6) is 0.870. The summed E-state index contributed by atoms with van der Waals surface area (Å²) in [6, 6.07) is 10.0. The standard InChI is InChI=1S/C17H14O2/c18-12-13-5-1-2-6-14(10-9-13)17-11-15-7-3-4-8-16(15)19-17/h1-4,7-12H,5-6H2/b2-1?,13-9+,14-10+. The van der Waals surface area contributed by atoms with Crippen LogP contribution in [0.1, 0.15) is 18.6 Å². The van der Waals surface area contributed by atoms with Crippen LogP contribution in [-0.4, -0.2) is 6.29 Å². The predicted molar refractivity (Wildman–Crippen MR) is 76.7 cm³/mol. The molecule has 1 aromatic heterocycles. The molecule has 1 aromatic carbocycles. The van der Waals surface area contributed by atoms with E-state index < -0.39 is 0 Å². The number of benzene rings is 1. The lowest BCUT2D eigenvalue weighted by molar-refractivity contribution is -0.105. The van der Waals surface area contributed by atoms with E-state index in [0.29, 0.717) is 6.42 Å². The molecule has 0 saturated heterocycles. The number of hydrogen-bond acceptors (Lipinski definition) is 2. The van der Waals surface area contributed by atoms with Gasteiger partial charge in [0, 0.05) is 5.39 Å². The van der Waals surface area contributed by atoms with Crippen LogP contribution in [0, 0.1) is 0 Å². The smallest absolute Gasteiger partial charge is 0.146 e. The summed E-state index contributed by atoms with van der Waals surface area (Å²) in [5, 5.41) is 1.10. The van der Waals surface area contributed by atoms with Gasteiger partial charge in [-0.3, -0.25) is 4.79 Å². The van der Waals surface area contributed by atoms with Crippen LogP contribution >= 0.6 is 0 Å². The van der Waals surface area contributed by atoms with Gasteiger partial charge in [0.2, 0.25) is 0 Å². The lowest BCUT2D eigenvalue weighted by Gasteiger charge is -2.03. The molecule has 0 N–H and O–H groups in total. The minimum atomic E-state index is 0.702. The minimum absolute atomic E-state index is 0.702. The summed E-state index contributed by atoms with van der Waals surface area (Å²) in [5.41, 5.74) is 2.76. The average Bonchev–Trinajstić information content (AvgIpc) is 2.82. The Kier molecular flexibility index (Phi) is 3.15. The van der Waals surface area contributed by atoms with Gasteiger partial charge in [0.15, 0.2) is 0 Å². The number of carbonyl (C=O) groups is 1. The highest BCUT2D eigenvalue weighted by molar-refractivity contribution is 5.83. The van der Waals surface area contributed by atoms with E-state index in [1.165, 1.54) is 0 Å². The molecular weight excluding hydrogens is 236 g/mol. The average molecular weight is 250 g/mol. The van der Waals surface area contributed by atoms with Crippen molar-refractivity contribution in [2.75, 3.05) is 0 Å². The summed E-state index contributed by atoms with van der Waals surface area (Å²) in [6.45, 7) is 0. The molecule has 0 fully saturated rings. The third kappa shape index (κ3) is 2.43. The van der Waals surface area contributed by atoms with E-state index in [1.807, 2.05) is 48.6 Å². The fourth-order valence-electron chi connectivity index (χ4n) is 2.18. The molecule has 0 amide bonds. The molecule has 1 heterocycles. The quantitative estimate of drug-likeness (QED) is 0.588. The van der Waals surface area contributed by atoms with Crippen molar-refractivity contribution in [1.82, 2.24) is 0 Å². The zero-order chi connectivity index (χ0) is 13.1. The van der Waals surface area contributed by atoms with Crippen molar-refractivity contribution in [2.45, 2.75) is 12.8 Å². The second kappa shape index (κ2) is 5.11. The van der Waals surface area contributed by atoms with E-state index >= 15 is 0 Å². The van der Waals surface area contributed by atoms with Gasteiger partial charge in [-0.15, -0.1) is 0 Å². The van der Waals surface area contributed by atoms with Gasteiger partial charge in [-0.1, -0.05) is 42.5 Å². The highest BCUT2D eigenvalue weighted by atomic mass is 16.3. The third-order valence-electron chi connectivity index (χ3n) is 3.25. The monoisotopic (exact) mass is 250 g/mol. The molecule has 94 valence electrons. The zero-order valence-corrected chi connectivity index (χ0v) is 10.5. The van der Waals surface area contributed by atoms with Crippen LogP contribution in [0.4, 0.5) is 0 Å². The summed E-state index contributed by atoms with van der Waals surface area (Å²) in [4.78, 5) is 10.9. The van der Waals surface area contributed by atoms with Crippen molar-refractivity contribution >= 4 is 22.8 Å². The van der Waals surface area contributed by atoms with E-state index in [-0.39, 0.29) is 0 Å². The molecule has 3 rings (SSSR count). The molecule has 0 spiro atoms. The van der Waals surface area contributed by atoms with Crippen LogP contribution in [0.25, 0.3) is 16.5 Å². The van der Waals surface area contributed by atoms with Crippen molar-refractivity contribution in [3.63, 3.8) is 0 Å². The van der Waals surface area contributed by atoms with E-state index in [0.717, 1.165) is 40.6 Å². The summed E-state index contributed by atoms with van der Waals surface area (Å²) < 4.78 is 5.85. The number of allylic oxidation sites excluding steroid dienone is 6. The topological polar surface area (TPSA) is 30.2 Å². The highest BCUT2D eigenvalue weighted by Gasteiger charge is 2.08. The van der Waals surface area contributed by atoms with Crippen molar-refractivity contribution in [3.05, 3.63) is 66.0 Å². The Morgan fingerprint density at radius 2 is 1.89 bits per heavy atom. The normalized spacial score (nSPS) is 21.1. The first-order valence-corrected chi connectivity index (χ1v) is 6.35. The van der Waals surface area contributed by atoms with Gasteiger partial charge >= 0.3 is 0 Å².